The van der Waals surface area contributed by atoms with Gasteiger partial charge in [0.05, 0.1) is 16.7 Å². The third kappa shape index (κ3) is 7.18. The number of rotatable bonds is 7. The quantitative estimate of drug-likeness (QED) is 0.0491. The van der Waals surface area contributed by atoms with E-state index in [1.807, 2.05) is 0 Å². The molecule has 66 heavy (non-hydrogen) atoms. The summed E-state index contributed by atoms with van der Waals surface area (Å²) < 4.78 is 281. The van der Waals surface area contributed by atoms with Crippen LogP contribution in [0, 0.1) is 116 Å². The molecule has 0 nitrogen and oxygen atoms in total. The summed E-state index contributed by atoms with van der Waals surface area (Å²) in [6.45, 7) is 0. The van der Waals surface area contributed by atoms with E-state index in [0.29, 0.717) is 0 Å². The Morgan fingerprint density at radius 2 is 0.409 bits per heavy atom. The zero-order valence-electron chi connectivity index (χ0n) is 31.8. The van der Waals surface area contributed by atoms with Gasteiger partial charge in [0, 0.05) is 0 Å². The zero-order chi connectivity index (χ0) is 48.4. The van der Waals surface area contributed by atoms with Gasteiger partial charge in [-0.3, -0.25) is 0 Å². The minimum absolute atomic E-state index is 1.30. The SMILES string of the molecule is Fc1c(F)c(F)[c]([Ga-]([c]2c(F)c(F)c(F)c(F)c2F)([c]2c(F)c(F)c(F)c(F)c2F)[c]2c(F)c(F)c(F)c(F)c2F)c(F)c1F.c1ccc(-c2c(-c3ccccc3)[c+]2-c2ccccc2)cc1. The number of hydrogen-bond acceptors (Lipinski definition) is 0. The first-order valence-corrected chi connectivity index (χ1v) is 23.0. The molecule has 0 spiro atoms. The van der Waals surface area contributed by atoms with Crippen LogP contribution in [0.4, 0.5) is 87.8 Å². The van der Waals surface area contributed by atoms with Gasteiger partial charge in [0.1, 0.15) is 16.7 Å². The van der Waals surface area contributed by atoms with Gasteiger partial charge in [-0.05, 0) is 48.5 Å². The van der Waals surface area contributed by atoms with E-state index in [1.54, 1.807) is 0 Å². The second kappa shape index (κ2) is 17.6. The van der Waals surface area contributed by atoms with Gasteiger partial charge in [0.2, 0.25) is 0 Å². The summed E-state index contributed by atoms with van der Waals surface area (Å²) in [4.78, 5) is 0. The Morgan fingerprint density at radius 1 is 0.227 bits per heavy atom. The van der Waals surface area contributed by atoms with Crippen molar-refractivity contribution in [2.45, 2.75) is 0 Å². The second-order valence-electron chi connectivity index (χ2n) is 14.0. The number of benzene rings is 7. The van der Waals surface area contributed by atoms with Crippen LogP contribution >= 0.6 is 0 Å². The fraction of sp³-hybridized carbons (Fsp3) is 0. The van der Waals surface area contributed by atoms with Gasteiger partial charge in [-0.25, -0.2) is 0 Å². The molecule has 21 heteroatoms. The molecule has 0 aliphatic heterocycles. The predicted octanol–water partition coefficient (Wildman–Crippen LogP) is 11.7. The summed E-state index contributed by atoms with van der Waals surface area (Å²) in [5, 5.41) is 0. The van der Waals surface area contributed by atoms with Crippen LogP contribution in [0.15, 0.2) is 91.0 Å². The Kier molecular flexibility index (Phi) is 12.7. The summed E-state index contributed by atoms with van der Waals surface area (Å²) in [6.07, 6.45) is 0. The van der Waals surface area contributed by atoms with Gasteiger partial charge in [-0.2, -0.15) is 0 Å². The molecule has 0 heterocycles. The van der Waals surface area contributed by atoms with E-state index >= 15 is 35.1 Å². The second-order valence-corrected chi connectivity index (χ2v) is 22.5. The molecule has 338 valence electrons. The Morgan fingerprint density at radius 3 is 0.621 bits per heavy atom. The molecule has 8 aromatic carbocycles. The summed E-state index contributed by atoms with van der Waals surface area (Å²) in [5.41, 5.74) is 8.05. The topological polar surface area (TPSA) is 0 Å². The normalized spacial score (nSPS) is 11.6. The minimum atomic E-state index is -9.74. The van der Waals surface area contributed by atoms with Crippen molar-refractivity contribution in [3.8, 4) is 33.4 Å². The fourth-order valence-electron chi connectivity index (χ4n) is 7.74. The smallest absolute Gasteiger partial charge is 0.0612 e. The molecule has 0 fully saturated rings. The third-order valence-electron chi connectivity index (χ3n) is 10.6. The van der Waals surface area contributed by atoms with Crippen molar-refractivity contribution in [3.63, 3.8) is 0 Å². The van der Waals surface area contributed by atoms with Gasteiger partial charge >= 0.3 is 236 Å². The first kappa shape index (κ1) is 47.4. The maximum atomic E-state index is 15.4. The molecule has 0 bridgehead atoms. The average molecular weight is 1010 g/mol. The van der Waals surface area contributed by atoms with Crippen LogP contribution in [-0.4, -0.2) is 15.0 Å². The van der Waals surface area contributed by atoms with E-state index in [4.69, 9.17) is 0 Å². The average Bonchev–Trinajstić information content (AvgIpc) is 4.08. The summed E-state index contributed by atoms with van der Waals surface area (Å²) in [7, 11) is 0. The molecule has 8 aromatic rings. The molecule has 0 unspecified atom stereocenters. The number of halogens is 20. The largest absolute Gasteiger partial charge is 0.120 e. The van der Waals surface area contributed by atoms with Crippen molar-refractivity contribution in [3.05, 3.63) is 207 Å². The van der Waals surface area contributed by atoms with Crippen LogP contribution in [0.5, 0.6) is 0 Å². The van der Waals surface area contributed by atoms with Crippen LogP contribution < -0.4 is 16.5 Å². The van der Waals surface area contributed by atoms with Crippen molar-refractivity contribution < 1.29 is 87.8 Å². The van der Waals surface area contributed by atoms with Crippen LogP contribution in [0.1, 0.15) is 0 Å². The summed E-state index contributed by atoms with van der Waals surface area (Å²) in [5.74, 6) is -70.5. The Bertz CT molecular complexity index is 2660. The van der Waals surface area contributed by atoms with Crippen LogP contribution in [0.3, 0.4) is 0 Å². The molecule has 0 N–H and O–H groups in total. The van der Waals surface area contributed by atoms with Gasteiger partial charge in [0.25, 0.3) is 0 Å². The maximum absolute atomic E-state index is 15.4. The maximum Gasteiger partial charge on any atom is 0.120 e. The van der Waals surface area contributed by atoms with Crippen LogP contribution in [0.25, 0.3) is 33.4 Å². The van der Waals surface area contributed by atoms with Crippen molar-refractivity contribution in [1.82, 2.24) is 0 Å². The van der Waals surface area contributed by atoms with Crippen LogP contribution in [-0.2, 0) is 0 Å². The van der Waals surface area contributed by atoms with Crippen molar-refractivity contribution in [2.24, 2.45) is 0 Å². The zero-order valence-corrected chi connectivity index (χ0v) is 34.2. The van der Waals surface area contributed by atoms with Gasteiger partial charge in [-0.1, -0.05) is 42.5 Å². The molecule has 0 saturated carbocycles. The monoisotopic (exact) mass is 1000 g/mol. The molecular formula is C45H15F20Ga. The molecule has 0 aliphatic rings. The van der Waals surface area contributed by atoms with Gasteiger partial charge in [-0.15, -0.1) is 0 Å². The Hall–Kier alpha value is -6.61. The predicted molar refractivity (Wildman–Crippen MR) is 199 cm³/mol. The Balaban J connectivity index is 0.000000254. The summed E-state index contributed by atoms with van der Waals surface area (Å²) in [6, 6.07) is 31.9. The molecule has 0 atom stereocenters. The minimum Gasteiger partial charge on any atom is -0.0612 e. The van der Waals surface area contributed by atoms with E-state index in [1.165, 1.54) is 33.4 Å². The molecule has 0 amide bonds. The van der Waals surface area contributed by atoms with Gasteiger partial charge in [0.15, 0.2) is 0 Å². The molecular weight excluding hydrogens is 990 g/mol. The standard InChI is InChI=1S/C21H15.4C6F5.Ga/c1-4-10-16(11-5-1)19-20(17-12-6-2-7-13-17)21(19)18-14-8-3-9-15-18;4*7-2-1-3(8)5(10)6(11)4(2)9;/h1-15H;;;;;/q+1;;;;;-1. The van der Waals surface area contributed by atoms with Gasteiger partial charge < -0.3 is 0 Å². The third-order valence-corrected chi connectivity index (χ3v) is 22.1. The van der Waals surface area contributed by atoms with Crippen LogP contribution in [0.2, 0.25) is 0 Å². The molecule has 0 aliphatic carbocycles. The molecule has 0 saturated heterocycles. The number of hydrogen-bond donors (Lipinski definition) is 0. The van der Waals surface area contributed by atoms with E-state index in [2.05, 4.69) is 91.0 Å². The van der Waals surface area contributed by atoms with E-state index in [9.17, 15) is 52.7 Å². The Labute approximate surface area is 359 Å². The van der Waals surface area contributed by atoms with E-state index in [-0.39, 0.29) is 0 Å². The fourth-order valence-corrected chi connectivity index (χ4v) is 19.9. The molecule has 0 radical (unpaired) electrons. The molecule has 8 rings (SSSR count). The van der Waals surface area contributed by atoms with E-state index in [0.717, 1.165) is 0 Å². The van der Waals surface area contributed by atoms with Crippen molar-refractivity contribution in [2.75, 3.05) is 0 Å². The first-order chi connectivity index (χ1) is 31.2. The summed E-state index contributed by atoms with van der Waals surface area (Å²) >= 11 is -9.74. The van der Waals surface area contributed by atoms with Crippen molar-refractivity contribution >= 4 is 31.5 Å². The molecule has 0 aromatic heterocycles. The first-order valence-electron chi connectivity index (χ1n) is 18.2. The van der Waals surface area contributed by atoms with Crippen molar-refractivity contribution in [1.29, 1.82) is 0 Å². The van der Waals surface area contributed by atoms with E-state index < -0.39 is 148 Å².